The van der Waals surface area contributed by atoms with Gasteiger partial charge in [-0.1, -0.05) is 6.92 Å². The van der Waals surface area contributed by atoms with Crippen molar-refractivity contribution in [1.29, 1.82) is 0 Å². The van der Waals surface area contributed by atoms with Crippen LogP contribution in [0.5, 0.6) is 0 Å². The molecular weight excluding hydrogens is 202 g/mol. The van der Waals surface area contributed by atoms with Crippen LogP contribution in [0.15, 0.2) is 12.4 Å². The summed E-state index contributed by atoms with van der Waals surface area (Å²) in [6.45, 7) is 6.22. The fourth-order valence-corrected chi connectivity index (χ4v) is 2.26. The molecule has 1 aliphatic heterocycles. The molecule has 2 heterocycles. The molecule has 3 unspecified atom stereocenters. The van der Waals surface area contributed by atoms with Gasteiger partial charge in [0, 0.05) is 25.0 Å². The lowest BCUT2D eigenvalue weighted by molar-refractivity contribution is 0.176. The smallest absolute Gasteiger partial charge is 0.123 e. The highest BCUT2D eigenvalue weighted by atomic mass is 16.5. The predicted molar refractivity (Wildman–Crippen MR) is 63.1 cm³/mol. The highest BCUT2D eigenvalue weighted by Gasteiger charge is 2.24. The minimum atomic E-state index is 0.325. The first-order valence-electron chi connectivity index (χ1n) is 6.14. The molecule has 1 aliphatic rings. The van der Waals surface area contributed by atoms with E-state index in [1.807, 2.05) is 12.4 Å². The quantitative estimate of drug-likeness (QED) is 0.801. The molecule has 0 aromatic carbocycles. The molecule has 0 spiro atoms. The van der Waals surface area contributed by atoms with Gasteiger partial charge < -0.3 is 15.0 Å². The molecule has 16 heavy (non-hydrogen) atoms. The molecule has 1 saturated heterocycles. The van der Waals surface area contributed by atoms with Crippen LogP contribution >= 0.6 is 0 Å². The fraction of sp³-hybridized carbons (Fsp3) is 0.750. The van der Waals surface area contributed by atoms with E-state index in [1.165, 1.54) is 6.42 Å². The number of imidazole rings is 1. The number of H-pyrrole nitrogens is 1. The maximum absolute atomic E-state index is 5.42. The van der Waals surface area contributed by atoms with E-state index < -0.39 is 0 Å². The maximum atomic E-state index is 5.42. The Balaban J connectivity index is 1.91. The minimum Gasteiger partial charge on any atom is -0.381 e. The molecule has 2 N–H and O–H groups in total. The third-order valence-corrected chi connectivity index (χ3v) is 3.39. The Labute approximate surface area is 96.8 Å². The number of ether oxygens (including phenoxy) is 1. The van der Waals surface area contributed by atoms with Crippen LogP contribution in [0.3, 0.4) is 0 Å². The van der Waals surface area contributed by atoms with Crippen molar-refractivity contribution in [2.75, 3.05) is 13.2 Å². The molecule has 90 valence electrons. The number of aromatic amines is 1. The molecule has 1 aromatic heterocycles. The first-order valence-corrected chi connectivity index (χ1v) is 6.14. The van der Waals surface area contributed by atoms with Gasteiger partial charge in [0.1, 0.15) is 5.82 Å². The molecule has 0 saturated carbocycles. The summed E-state index contributed by atoms with van der Waals surface area (Å²) < 4.78 is 5.42. The van der Waals surface area contributed by atoms with Crippen LogP contribution in [-0.2, 0) is 4.74 Å². The molecule has 1 aromatic rings. The second kappa shape index (κ2) is 5.46. The van der Waals surface area contributed by atoms with Gasteiger partial charge in [0.2, 0.25) is 0 Å². The summed E-state index contributed by atoms with van der Waals surface area (Å²) in [6.07, 6.45) is 5.90. The van der Waals surface area contributed by atoms with Gasteiger partial charge in [-0.15, -0.1) is 0 Å². The van der Waals surface area contributed by atoms with E-state index in [0.29, 0.717) is 18.0 Å². The first kappa shape index (κ1) is 11.6. The van der Waals surface area contributed by atoms with Crippen molar-refractivity contribution in [3.8, 4) is 0 Å². The number of nitrogens with zero attached hydrogens (tertiary/aromatic N) is 1. The topological polar surface area (TPSA) is 49.9 Å². The molecule has 4 nitrogen and oxygen atoms in total. The summed E-state index contributed by atoms with van der Waals surface area (Å²) in [4.78, 5) is 7.50. The van der Waals surface area contributed by atoms with E-state index in [2.05, 4.69) is 29.1 Å². The zero-order valence-electron chi connectivity index (χ0n) is 10.1. The number of rotatable bonds is 5. The zero-order chi connectivity index (χ0) is 11.4. The van der Waals surface area contributed by atoms with E-state index in [0.717, 1.165) is 25.5 Å². The molecular formula is C12H21N3O. The largest absolute Gasteiger partial charge is 0.381 e. The van der Waals surface area contributed by atoms with Crippen molar-refractivity contribution >= 4 is 0 Å². The Morgan fingerprint density at radius 1 is 1.69 bits per heavy atom. The SMILES string of the molecule is CCC(NC(C)C1CCOC1)c1ncc[nH]1. The normalized spacial score (nSPS) is 24.5. The molecule has 0 amide bonds. The minimum absolute atomic E-state index is 0.325. The summed E-state index contributed by atoms with van der Waals surface area (Å²) in [5, 5.41) is 3.64. The molecule has 2 rings (SSSR count). The Morgan fingerprint density at radius 3 is 3.12 bits per heavy atom. The second-order valence-corrected chi connectivity index (χ2v) is 4.51. The molecule has 0 bridgehead atoms. The standard InChI is InChI=1S/C12H21N3O/c1-3-11(12-13-5-6-14-12)15-9(2)10-4-7-16-8-10/h5-6,9-11,15H,3-4,7-8H2,1-2H3,(H,13,14). The van der Waals surface area contributed by atoms with Gasteiger partial charge in [0.15, 0.2) is 0 Å². The summed E-state index contributed by atoms with van der Waals surface area (Å²) in [6, 6.07) is 0.808. The molecule has 0 radical (unpaired) electrons. The van der Waals surface area contributed by atoms with Crippen LogP contribution in [0.1, 0.15) is 38.6 Å². The molecule has 3 atom stereocenters. The summed E-state index contributed by atoms with van der Waals surface area (Å²) >= 11 is 0. The molecule has 0 aliphatic carbocycles. The second-order valence-electron chi connectivity index (χ2n) is 4.51. The Kier molecular flexibility index (Phi) is 3.96. The summed E-state index contributed by atoms with van der Waals surface area (Å²) in [5.41, 5.74) is 0. The van der Waals surface area contributed by atoms with Crippen LogP contribution in [0.25, 0.3) is 0 Å². The van der Waals surface area contributed by atoms with Crippen molar-refractivity contribution in [2.24, 2.45) is 5.92 Å². The van der Waals surface area contributed by atoms with Gasteiger partial charge in [-0.3, -0.25) is 0 Å². The van der Waals surface area contributed by atoms with Gasteiger partial charge in [-0.05, 0) is 25.7 Å². The van der Waals surface area contributed by atoms with Crippen LogP contribution < -0.4 is 5.32 Å². The van der Waals surface area contributed by atoms with Crippen LogP contribution in [0.4, 0.5) is 0 Å². The van der Waals surface area contributed by atoms with Crippen LogP contribution in [0, 0.1) is 5.92 Å². The van der Waals surface area contributed by atoms with E-state index in [1.54, 1.807) is 0 Å². The van der Waals surface area contributed by atoms with Gasteiger partial charge >= 0.3 is 0 Å². The monoisotopic (exact) mass is 223 g/mol. The highest BCUT2D eigenvalue weighted by molar-refractivity contribution is 4.96. The fourth-order valence-electron chi connectivity index (χ4n) is 2.26. The van der Waals surface area contributed by atoms with E-state index in [4.69, 9.17) is 4.74 Å². The molecule has 4 heteroatoms. The summed E-state index contributed by atoms with van der Waals surface area (Å²) in [5.74, 6) is 1.68. The van der Waals surface area contributed by atoms with Crippen molar-refractivity contribution in [1.82, 2.24) is 15.3 Å². The predicted octanol–water partition coefficient (Wildman–Crippen LogP) is 1.88. The lowest BCUT2D eigenvalue weighted by atomic mass is 9.99. The van der Waals surface area contributed by atoms with E-state index >= 15 is 0 Å². The highest BCUT2D eigenvalue weighted by Crippen LogP contribution is 2.20. The Morgan fingerprint density at radius 2 is 2.56 bits per heavy atom. The van der Waals surface area contributed by atoms with Gasteiger partial charge in [-0.2, -0.15) is 0 Å². The number of hydrogen-bond donors (Lipinski definition) is 2. The van der Waals surface area contributed by atoms with Crippen molar-refractivity contribution < 1.29 is 4.74 Å². The van der Waals surface area contributed by atoms with E-state index in [9.17, 15) is 0 Å². The van der Waals surface area contributed by atoms with E-state index in [-0.39, 0.29) is 0 Å². The van der Waals surface area contributed by atoms with Crippen LogP contribution in [-0.4, -0.2) is 29.2 Å². The van der Waals surface area contributed by atoms with Crippen molar-refractivity contribution in [3.63, 3.8) is 0 Å². The maximum Gasteiger partial charge on any atom is 0.123 e. The number of aromatic nitrogens is 2. The van der Waals surface area contributed by atoms with Crippen molar-refractivity contribution in [2.45, 2.75) is 38.8 Å². The Bertz CT molecular complexity index is 293. The Hall–Kier alpha value is -0.870. The lowest BCUT2D eigenvalue weighted by Crippen LogP contribution is -2.37. The summed E-state index contributed by atoms with van der Waals surface area (Å²) in [7, 11) is 0. The van der Waals surface area contributed by atoms with Gasteiger partial charge in [-0.25, -0.2) is 4.98 Å². The lowest BCUT2D eigenvalue weighted by Gasteiger charge is -2.24. The zero-order valence-corrected chi connectivity index (χ0v) is 10.1. The van der Waals surface area contributed by atoms with Gasteiger partial charge in [0.25, 0.3) is 0 Å². The number of hydrogen-bond acceptors (Lipinski definition) is 3. The van der Waals surface area contributed by atoms with Crippen LogP contribution in [0.2, 0.25) is 0 Å². The van der Waals surface area contributed by atoms with Gasteiger partial charge in [0.05, 0.1) is 12.6 Å². The average Bonchev–Trinajstić information content (AvgIpc) is 2.96. The third kappa shape index (κ3) is 2.62. The van der Waals surface area contributed by atoms with Crippen molar-refractivity contribution in [3.05, 3.63) is 18.2 Å². The third-order valence-electron chi connectivity index (χ3n) is 3.39. The molecule has 1 fully saturated rings. The number of nitrogens with one attached hydrogen (secondary N) is 2. The average molecular weight is 223 g/mol. The first-order chi connectivity index (χ1) is 7.81.